The minimum atomic E-state index is -0.108. The molecule has 0 unspecified atom stereocenters. The lowest BCUT2D eigenvalue weighted by Gasteiger charge is -2.03. The molecule has 2 amide bonds. The van der Waals surface area contributed by atoms with Crippen molar-refractivity contribution < 1.29 is 9.59 Å². The first kappa shape index (κ1) is 19.2. The fourth-order valence-corrected chi connectivity index (χ4v) is 2.26. The Morgan fingerprint density at radius 3 is 1.42 bits per heavy atom. The Morgan fingerprint density at radius 1 is 0.654 bits per heavy atom. The number of hydrogen-bond donors (Lipinski definition) is 2. The van der Waals surface area contributed by atoms with Gasteiger partial charge in [-0.3, -0.25) is 9.59 Å². The molecular weight excluding hydrogens is 324 g/mol. The van der Waals surface area contributed by atoms with E-state index in [-0.39, 0.29) is 11.8 Å². The highest BCUT2D eigenvalue weighted by atomic mass is 16.2. The minimum Gasteiger partial charge on any atom is -0.353 e. The van der Waals surface area contributed by atoms with E-state index in [0.29, 0.717) is 13.1 Å². The van der Waals surface area contributed by atoms with E-state index < -0.39 is 0 Å². The van der Waals surface area contributed by atoms with Crippen LogP contribution in [0.2, 0.25) is 0 Å². The molecule has 2 aromatic rings. The zero-order valence-electron chi connectivity index (χ0n) is 14.7. The summed E-state index contributed by atoms with van der Waals surface area (Å²) in [6.45, 7) is 1.18. The first-order valence-electron chi connectivity index (χ1n) is 8.76. The van der Waals surface area contributed by atoms with Gasteiger partial charge in [0.2, 0.25) is 11.8 Å². The van der Waals surface area contributed by atoms with E-state index in [1.807, 2.05) is 60.7 Å². The third-order valence-electron chi connectivity index (χ3n) is 3.66. The molecule has 2 rings (SSSR count). The summed E-state index contributed by atoms with van der Waals surface area (Å²) in [5, 5.41) is 5.67. The van der Waals surface area contributed by atoms with E-state index in [1.165, 1.54) is 12.2 Å². The van der Waals surface area contributed by atoms with Gasteiger partial charge in [-0.25, -0.2) is 0 Å². The molecule has 134 valence electrons. The average Bonchev–Trinajstić information content (AvgIpc) is 2.69. The number of rotatable bonds is 9. The third kappa shape index (κ3) is 8.11. The van der Waals surface area contributed by atoms with E-state index in [1.54, 1.807) is 12.2 Å². The number of carbonyl (C=O) groups is 2. The van der Waals surface area contributed by atoms with Crippen LogP contribution in [0, 0.1) is 0 Å². The summed E-state index contributed by atoms with van der Waals surface area (Å²) in [6, 6.07) is 19.4. The van der Waals surface area contributed by atoms with E-state index in [0.717, 1.165) is 24.0 Å². The second-order valence-corrected chi connectivity index (χ2v) is 5.78. The van der Waals surface area contributed by atoms with Crippen molar-refractivity contribution in [3.05, 3.63) is 83.9 Å². The van der Waals surface area contributed by atoms with Crippen molar-refractivity contribution in [2.75, 3.05) is 13.1 Å². The summed E-state index contributed by atoms with van der Waals surface area (Å²) in [5.74, 6) is -0.215. The lowest BCUT2D eigenvalue weighted by molar-refractivity contribution is -0.117. The molecule has 0 fully saturated rings. The number of carbonyl (C=O) groups excluding carboxylic acids is 2. The minimum absolute atomic E-state index is 0.108. The van der Waals surface area contributed by atoms with Gasteiger partial charge >= 0.3 is 0 Å². The second kappa shape index (κ2) is 11.4. The van der Waals surface area contributed by atoms with E-state index >= 15 is 0 Å². The summed E-state index contributed by atoms with van der Waals surface area (Å²) in [6.07, 6.45) is 8.27. The molecule has 0 heterocycles. The standard InChI is InChI=1S/C22H24N2O2/c25-21(15-13-19-9-3-1-4-10-19)23-17-7-8-18-24-22(26)16-14-20-11-5-2-6-12-20/h1-6,9-16H,7-8,17-18H2,(H,23,25)(H,24,26). The Morgan fingerprint density at radius 2 is 1.04 bits per heavy atom. The molecule has 0 saturated carbocycles. The number of hydrogen-bond acceptors (Lipinski definition) is 2. The molecule has 0 aliphatic rings. The van der Waals surface area contributed by atoms with Gasteiger partial charge in [-0.15, -0.1) is 0 Å². The number of unbranched alkanes of at least 4 members (excludes halogenated alkanes) is 1. The van der Waals surface area contributed by atoms with Crippen molar-refractivity contribution in [3.63, 3.8) is 0 Å². The van der Waals surface area contributed by atoms with Crippen molar-refractivity contribution >= 4 is 24.0 Å². The summed E-state index contributed by atoms with van der Waals surface area (Å²) in [5.41, 5.74) is 1.99. The highest BCUT2D eigenvalue weighted by Crippen LogP contribution is 2.01. The van der Waals surface area contributed by atoms with Gasteiger partial charge in [-0.05, 0) is 36.1 Å². The Labute approximate surface area is 154 Å². The summed E-state index contributed by atoms with van der Waals surface area (Å²) in [4.78, 5) is 23.4. The first-order chi connectivity index (χ1) is 12.7. The summed E-state index contributed by atoms with van der Waals surface area (Å²) < 4.78 is 0. The monoisotopic (exact) mass is 348 g/mol. The topological polar surface area (TPSA) is 58.2 Å². The van der Waals surface area contributed by atoms with Gasteiger partial charge in [-0.2, -0.15) is 0 Å². The Bertz CT molecular complexity index is 672. The molecule has 2 aromatic carbocycles. The Balaban J connectivity index is 1.53. The van der Waals surface area contributed by atoms with Crippen LogP contribution < -0.4 is 10.6 Å². The van der Waals surface area contributed by atoms with Crippen LogP contribution in [0.3, 0.4) is 0 Å². The molecular formula is C22H24N2O2. The lowest BCUT2D eigenvalue weighted by atomic mass is 10.2. The zero-order chi connectivity index (χ0) is 18.5. The van der Waals surface area contributed by atoms with Gasteiger partial charge in [0.15, 0.2) is 0 Å². The molecule has 26 heavy (non-hydrogen) atoms. The van der Waals surface area contributed by atoms with Crippen LogP contribution in [-0.4, -0.2) is 24.9 Å². The predicted octanol–water partition coefficient (Wildman–Crippen LogP) is 3.43. The number of amides is 2. The maximum Gasteiger partial charge on any atom is 0.243 e. The quantitative estimate of drug-likeness (QED) is 0.539. The Hall–Kier alpha value is -3.14. The molecule has 0 atom stereocenters. The molecule has 0 radical (unpaired) electrons. The molecule has 0 aromatic heterocycles. The third-order valence-corrected chi connectivity index (χ3v) is 3.66. The fraction of sp³-hybridized carbons (Fsp3) is 0.182. The van der Waals surface area contributed by atoms with Gasteiger partial charge < -0.3 is 10.6 Å². The molecule has 0 aliphatic carbocycles. The van der Waals surface area contributed by atoms with E-state index in [2.05, 4.69) is 10.6 Å². The van der Waals surface area contributed by atoms with Crippen LogP contribution in [0.4, 0.5) is 0 Å². The van der Waals surface area contributed by atoms with Crippen LogP contribution in [0.25, 0.3) is 12.2 Å². The lowest BCUT2D eigenvalue weighted by Crippen LogP contribution is -2.25. The average molecular weight is 348 g/mol. The van der Waals surface area contributed by atoms with E-state index in [9.17, 15) is 9.59 Å². The molecule has 0 aliphatic heterocycles. The smallest absolute Gasteiger partial charge is 0.243 e. The molecule has 2 N–H and O–H groups in total. The molecule has 4 nitrogen and oxygen atoms in total. The van der Waals surface area contributed by atoms with Crippen LogP contribution in [0.5, 0.6) is 0 Å². The normalized spacial score (nSPS) is 10.9. The second-order valence-electron chi connectivity index (χ2n) is 5.78. The van der Waals surface area contributed by atoms with Gasteiger partial charge in [0.25, 0.3) is 0 Å². The van der Waals surface area contributed by atoms with Gasteiger partial charge in [0.05, 0.1) is 0 Å². The zero-order valence-corrected chi connectivity index (χ0v) is 14.7. The summed E-state index contributed by atoms with van der Waals surface area (Å²) >= 11 is 0. The van der Waals surface area contributed by atoms with Crippen molar-refractivity contribution in [1.29, 1.82) is 0 Å². The van der Waals surface area contributed by atoms with Crippen LogP contribution >= 0.6 is 0 Å². The molecule has 0 spiro atoms. The SMILES string of the molecule is O=C(C=Cc1ccccc1)NCCCCNC(=O)C=Cc1ccccc1. The largest absolute Gasteiger partial charge is 0.353 e. The highest BCUT2D eigenvalue weighted by Gasteiger charge is 1.97. The van der Waals surface area contributed by atoms with Crippen molar-refractivity contribution in [2.24, 2.45) is 0 Å². The maximum atomic E-state index is 11.7. The van der Waals surface area contributed by atoms with E-state index in [4.69, 9.17) is 0 Å². The highest BCUT2D eigenvalue weighted by molar-refractivity contribution is 5.92. The van der Waals surface area contributed by atoms with Gasteiger partial charge in [0, 0.05) is 25.2 Å². The number of nitrogens with one attached hydrogen (secondary N) is 2. The molecule has 0 bridgehead atoms. The Kier molecular flexibility index (Phi) is 8.43. The predicted molar refractivity (Wildman–Crippen MR) is 106 cm³/mol. The van der Waals surface area contributed by atoms with Gasteiger partial charge in [0.1, 0.15) is 0 Å². The van der Waals surface area contributed by atoms with Crippen LogP contribution in [-0.2, 0) is 9.59 Å². The van der Waals surface area contributed by atoms with Crippen molar-refractivity contribution in [1.82, 2.24) is 10.6 Å². The van der Waals surface area contributed by atoms with Crippen molar-refractivity contribution in [2.45, 2.75) is 12.8 Å². The van der Waals surface area contributed by atoms with Gasteiger partial charge in [-0.1, -0.05) is 60.7 Å². The molecule has 0 saturated heterocycles. The summed E-state index contributed by atoms with van der Waals surface area (Å²) in [7, 11) is 0. The maximum absolute atomic E-state index is 11.7. The molecule has 4 heteroatoms. The fourth-order valence-electron chi connectivity index (χ4n) is 2.26. The first-order valence-corrected chi connectivity index (χ1v) is 8.76. The van der Waals surface area contributed by atoms with Crippen LogP contribution in [0.1, 0.15) is 24.0 Å². The van der Waals surface area contributed by atoms with Crippen LogP contribution in [0.15, 0.2) is 72.8 Å². The number of benzene rings is 2. The van der Waals surface area contributed by atoms with Crippen molar-refractivity contribution in [3.8, 4) is 0 Å².